The van der Waals surface area contributed by atoms with E-state index in [4.69, 9.17) is 9.47 Å². The van der Waals surface area contributed by atoms with Gasteiger partial charge in [0.15, 0.2) is 11.6 Å². The first-order chi connectivity index (χ1) is 15.9. The normalized spacial score (nSPS) is 12.6. The number of nitrogens with zero attached hydrogens (tertiary/aromatic N) is 4. The second-order valence-corrected chi connectivity index (χ2v) is 7.27. The van der Waals surface area contributed by atoms with Gasteiger partial charge >= 0.3 is 5.97 Å². The molecule has 0 bridgehead atoms. The van der Waals surface area contributed by atoms with Crippen LogP contribution in [0.3, 0.4) is 0 Å². The van der Waals surface area contributed by atoms with Crippen molar-refractivity contribution in [2.75, 3.05) is 6.61 Å². The number of rotatable bonds is 5. The van der Waals surface area contributed by atoms with E-state index in [0.29, 0.717) is 11.4 Å². The number of fused-ring (bicyclic) bond motifs is 2. The number of esters is 1. The van der Waals surface area contributed by atoms with E-state index >= 15 is 0 Å². The minimum absolute atomic E-state index is 0.0121. The Morgan fingerprint density at radius 1 is 1.12 bits per heavy atom. The molecule has 1 atom stereocenters. The monoisotopic (exact) mass is 446 g/mol. The molecular formula is C24H22N4O5. The Morgan fingerprint density at radius 3 is 2.58 bits per heavy atom. The third-order valence-electron chi connectivity index (χ3n) is 5.03. The highest BCUT2D eigenvalue weighted by Crippen LogP contribution is 2.13. The first kappa shape index (κ1) is 21.9. The van der Waals surface area contributed by atoms with Gasteiger partial charge in [-0.05, 0) is 44.2 Å². The summed E-state index contributed by atoms with van der Waals surface area (Å²) in [7, 11) is 1.59. The van der Waals surface area contributed by atoms with E-state index in [1.807, 2.05) is 6.07 Å². The van der Waals surface area contributed by atoms with Gasteiger partial charge in [-0.3, -0.25) is 14.0 Å². The first-order valence-corrected chi connectivity index (χ1v) is 10.4. The summed E-state index contributed by atoms with van der Waals surface area (Å²) in [6.07, 6.45) is 0.687. The van der Waals surface area contributed by atoms with Crippen LogP contribution in [0.1, 0.15) is 24.2 Å². The summed E-state index contributed by atoms with van der Waals surface area (Å²) in [5.74, 6) is -0.782. The van der Waals surface area contributed by atoms with E-state index in [-0.39, 0.29) is 34.3 Å². The summed E-state index contributed by atoms with van der Waals surface area (Å²) in [6.45, 7) is 3.36. The minimum atomic E-state index is -0.909. The topological polar surface area (TPSA) is 104 Å². The van der Waals surface area contributed by atoms with Crippen molar-refractivity contribution in [3.05, 3.63) is 82.2 Å². The molecule has 9 nitrogen and oxygen atoms in total. The van der Waals surface area contributed by atoms with Crippen molar-refractivity contribution in [1.82, 2.24) is 14.0 Å². The molecule has 0 radical (unpaired) electrons. The standard InChI is InChI=1S/C24H22N4O5/c1-4-32-24(31)18-14-17-20(25-19-12-8-9-13-28(19)23(17)30)27(3)21(18)26-22(29)15(2)33-16-10-6-5-7-11-16/h5-15H,4H2,1-3H3/t15-/m0/s1. The van der Waals surface area contributed by atoms with Crippen molar-refractivity contribution in [3.8, 4) is 5.75 Å². The molecule has 4 aromatic rings. The van der Waals surface area contributed by atoms with Gasteiger partial charge in [-0.1, -0.05) is 24.3 Å². The van der Waals surface area contributed by atoms with Crippen LogP contribution in [0, 0.1) is 0 Å². The Bertz CT molecular complexity index is 1490. The molecule has 3 heterocycles. The summed E-state index contributed by atoms with van der Waals surface area (Å²) in [4.78, 5) is 47.3. The molecule has 0 unspecified atom stereocenters. The van der Waals surface area contributed by atoms with Crippen molar-refractivity contribution in [2.45, 2.75) is 20.0 Å². The number of amides is 1. The first-order valence-electron chi connectivity index (χ1n) is 10.4. The number of aryl methyl sites for hydroxylation is 1. The zero-order valence-electron chi connectivity index (χ0n) is 18.4. The van der Waals surface area contributed by atoms with Crippen LogP contribution < -0.4 is 15.8 Å². The van der Waals surface area contributed by atoms with Crippen LogP contribution in [-0.4, -0.2) is 38.5 Å². The lowest BCUT2D eigenvalue weighted by molar-refractivity contribution is -0.124. The average Bonchev–Trinajstić information content (AvgIpc) is 2.82. The van der Waals surface area contributed by atoms with Gasteiger partial charge in [-0.2, -0.15) is 4.99 Å². The Kier molecular flexibility index (Phi) is 6.03. The lowest BCUT2D eigenvalue weighted by Crippen LogP contribution is -2.33. The number of aromatic nitrogens is 3. The van der Waals surface area contributed by atoms with Gasteiger partial charge < -0.3 is 14.0 Å². The molecule has 0 aliphatic carbocycles. The fraction of sp³-hybridized carbons (Fsp3) is 0.208. The second-order valence-electron chi connectivity index (χ2n) is 7.27. The molecule has 1 amide bonds. The molecule has 1 aromatic carbocycles. The lowest BCUT2D eigenvalue weighted by Gasteiger charge is -2.13. The molecule has 0 saturated heterocycles. The molecule has 0 aliphatic heterocycles. The van der Waals surface area contributed by atoms with Gasteiger partial charge in [0.1, 0.15) is 22.6 Å². The molecule has 0 saturated carbocycles. The number of benzene rings is 1. The predicted octanol–water partition coefficient (Wildman–Crippen LogP) is 2.26. The summed E-state index contributed by atoms with van der Waals surface area (Å²) < 4.78 is 13.6. The Hall–Kier alpha value is -4.27. The van der Waals surface area contributed by atoms with Crippen LogP contribution in [0.15, 0.2) is 70.6 Å². The molecule has 33 heavy (non-hydrogen) atoms. The van der Waals surface area contributed by atoms with E-state index in [2.05, 4.69) is 9.98 Å². The predicted molar refractivity (Wildman–Crippen MR) is 121 cm³/mol. The van der Waals surface area contributed by atoms with Gasteiger partial charge in [0.2, 0.25) is 0 Å². The Labute approximate surface area is 188 Å². The van der Waals surface area contributed by atoms with Gasteiger partial charge in [-0.25, -0.2) is 9.78 Å². The smallest absolute Gasteiger partial charge is 0.341 e. The molecule has 4 rings (SSSR count). The quantitative estimate of drug-likeness (QED) is 0.344. The number of ether oxygens (including phenoxy) is 2. The maximum absolute atomic E-state index is 13.1. The Balaban J connectivity index is 1.91. The number of pyridine rings is 2. The largest absolute Gasteiger partial charge is 0.481 e. The van der Waals surface area contributed by atoms with Crippen LogP contribution in [-0.2, 0) is 16.6 Å². The number of para-hydroxylation sites is 1. The number of carbonyl (C=O) groups excluding carboxylic acids is 2. The highest BCUT2D eigenvalue weighted by molar-refractivity contribution is 5.94. The Morgan fingerprint density at radius 2 is 1.85 bits per heavy atom. The zero-order valence-corrected chi connectivity index (χ0v) is 18.4. The third-order valence-corrected chi connectivity index (χ3v) is 5.03. The molecule has 3 aromatic heterocycles. The molecule has 168 valence electrons. The molecule has 0 aliphatic rings. The summed E-state index contributed by atoms with van der Waals surface area (Å²) in [5.41, 5.74) is 0.369. The van der Waals surface area contributed by atoms with Crippen LogP contribution in [0.5, 0.6) is 5.75 Å². The van der Waals surface area contributed by atoms with Crippen LogP contribution in [0.4, 0.5) is 0 Å². The van der Waals surface area contributed by atoms with Crippen molar-refractivity contribution in [3.63, 3.8) is 0 Å². The zero-order chi connectivity index (χ0) is 23.5. The van der Waals surface area contributed by atoms with Crippen molar-refractivity contribution in [2.24, 2.45) is 12.0 Å². The minimum Gasteiger partial charge on any atom is -0.481 e. The summed E-state index contributed by atoms with van der Waals surface area (Å²) >= 11 is 0. The second kappa shape index (κ2) is 9.07. The molecule has 0 N–H and O–H groups in total. The molecule has 0 spiro atoms. The van der Waals surface area contributed by atoms with Crippen molar-refractivity contribution < 1.29 is 19.1 Å². The number of carbonyl (C=O) groups is 2. The fourth-order valence-corrected chi connectivity index (χ4v) is 3.41. The van der Waals surface area contributed by atoms with E-state index in [0.717, 1.165) is 0 Å². The molecule has 9 heteroatoms. The molecule has 0 fully saturated rings. The SMILES string of the molecule is CCOC(=O)c1cc2c(=O)n3ccccc3nc2n(C)c1=NC(=O)[C@H](C)Oc1ccccc1. The average molecular weight is 446 g/mol. The fourth-order valence-electron chi connectivity index (χ4n) is 3.41. The van der Waals surface area contributed by atoms with Crippen LogP contribution in [0.25, 0.3) is 16.7 Å². The van der Waals surface area contributed by atoms with Crippen LogP contribution in [0.2, 0.25) is 0 Å². The van der Waals surface area contributed by atoms with Gasteiger partial charge in [0, 0.05) is 13.2 Å². The third kappa shape index (κ3) is 4.25. The van der Waals surface area contributed by atoms with E-state index in [9.17, 15) is 14.4 Å². The maximum Gasteiger partial charge on any atom is 0.341 e. The maximum atomic E-state index is 13.1. The summed E-state index contributed by atoms with van der Waals surface area (Å²) in [6, 6.07) is 15.4. The van der Waals surface area contributed by atoms with E-state index < -0.39 is 18.0 Å². The van der Waals surface area contributed by atoms with Gasteiger partial charge in [-0.15, -0.1) is 0 Å². The van der Waals surface area contributed by atoms with Crippen LogP contribution >= 0.6 is 0 Å². The number of hydrogen-bond donors (Lipinski definition) is 0. The highest BCUT2D eigenvalue weighted by atomic mass is 16.5. The van der Waals surface area contributed by atoms with Crippen molar-refractivity contribution in [1.29, 1.82) is 0 Å². The highest BCUT2D eigenvalue weighted by Gasteiger charge is 2.20. The van der Waals surface area contributed by atoms with Crippen molar-refractivity contribution >= 4 is 28.6 Å². The van der Waals surface area contributed by atoms with E-state index in [1.165, 1.54) is 15.0 Å². The van der Waals surface area contributed by atoms with Gasteiger partial charge in [0.05, 0.1) is 12.0 Å². The van der Waals surface area contributed by atoms with Gasteiger partial charge in [0.25, 0.3) is 11.5 Å². The lowest BCUT2D eigenvalue weighted by atomic mass is 10.2. The summed E-state index contributed by atoms with van der Waals surface area (Å²) in [5, 5.41) is 0.198. The number of hydrogen-bond acceptors (Lipinski definition) is 6. The van der Waals surface area contributed by atoms with E-state index in [1.54, 1.807) is 69.6 Å². The molecular weight excluding hydrogens is 424 g/mol.